The normalized spacial score (nSPS) is 19.4. The van der Waals surface area contributed by atoms with Crippen molar-refractivity contribution in [2.24, 2.45) is 10.7 Å². The third kappa shape index (κ3) is 4.67. The molecule has 7 rings (SSSR count). The number of thioether (sulfide) groups is 1. The van der Waals surface area contributed by atoms with E-state index in [9.17, 15) is 5.26 Å². The maximum Gasteiger partial charge on any atom is 0.128 e. The number of anilines is 1. The average molecular weight is 535 g/mol. The van der Waals surface area contributed by atoms with Gasteiger partial charge in [-0.15, -0.1) is 11.8 Å². The number of fused-ring (bicyclic) bond motifs is 3. The molecule has 0 saturated carbocycles. The van der Waals surface area contributed by atoms with Gasteiger partial charge in [-0.25, -0.2) is 9.50 Å². The first-order chi connectivity index (χ1) is 19.1. The summed E-state index contributed by atoms with van der Waals surface area (Å²) in [5, 5.41) is 14.1. The Labute approximate surface area is 232 Å². The van der Waals surface area contributed by atoms with Gasteiger partial charge in [-0.05, 0) is 48.6 Å². The maximum absolute atomic E-state index is 9.70. The Morgan fingerprint density at radius 3 is 2.62 bits per heavy atom. The number of hydrogen-bond donors (Lipinski definition) is 1. The van der Waals surface area contributed by atoms with E-state index in [0.717, 1.165) is 53.2 Å². The number of piperazine rings is 1. The van der Waals surface area contributed by atoms with Crippen molar-refractivity contribution in [3.63, 3.8) is 0 Å². The van der Waals surface area contributed by atoms with E-state index < -0.39 is 0 Å². The highest BCUT2D eigenvalue weighted by molar-refractivity contribution is 7.98. The molecule has 2 N–H and O–H groups in total. The standard InChI is InChI=1S/C30H30N8S/c1-33-13-23(11-31)22-9-28(30-24(12-32)15-35-38(30)17-22)21-5-8-29(34-14-21)36-18-25-10-26(19-36)37(25)16-20-3-6-27(39-2)7-4-20/h3-9,11,13-15,17,25-26H,10,16,18-19,31H2,1-2H3. The first-order valence-corrected chi connectivity index (χ1v) is 14.2. The molecular formula is C30H30N8S. The number of allylic oxidation sites excluding steroid dienone is 1. The fourth-order valence-corrected chi connectivity index (χ4v) is 6.15. The van der Waals surface area contributed by atoms with Gasteiger partial charge in [0, 0.05) is 90.7 Å². The summed E-state index contributed by atoms with van der Waals surface area (Å²) in [6, 6.07) is 18.5. The van der Waals surface area contributed by atoms with Crippen LogP contribution in [0.25, 0.3) is 22.2 Å². The molecule has 3 aromatic heterocycles. The Hall–Kier alpha value is -4.13. The molecule has 3 aliphatic rings. The lowest BCUT2D eigenvalue weighted by Crippen LogP contribution is -2.68. The van der Waals surface area contributed by atoms with Crippen molar-refractivity contribution in [3.05, 3.63) is 83.9 Å². The van der Waals surface area contributed by atoms with Crippen LogP contribution in [0, 0.1) is 11.3 Å². The molecule has 2 unspecified atom stereocenters. The van der Waals surface area contributed by atoms with Crippen molar-refractivity contribution in [2.75, 3.05) is 31.3 Å². The molecule has 2 atom stereocenters. The van der Waals surface area contributed by atoms with Crippen molar-refractivity contribution in [1.29, 1.82) is 5.26 Å². The third-order valence-corrected chi connectivity index (χ3v) is 8.51. The predicted molar refractivity (Wildman–Crippen MR) is 158 cm³/mol. The van der Waals surface area contributed by atoms with E-state index in [2.05, 4.69) is 68.6 Å². The van der Waals surface area contributed by atoms with Crippen LogP contribution >= 0.6 is 11.8 Å². The van der Waals surface area contributed by atoms with E-state index in [4.69, 9.17) is 10.7 Å². The summed E-state index contributed by atoms with van der Waals surface area (Å²) in [6.07, 6.45) is 12.0. The van der Waals surface area contributed by atoms with Gasteiger partial charge >= 0.3 is 0 Å². The van der Waals surface area contributed by atoms with Gasteiger partial charge in [-0.3, -0.25) is 9.89 Å². The van der Waals surface area contributed by atoms with E-state index in [0.29, 0.717) is 17.6 Å². The molecule has 8 nitrogen and oxygen atoms in total. The predicted octanol–water partition coefficient (Wildman–Crippen LogP) is 4.45. The smallest absolute Gasteiger partial charge is 0.128 e. The first kappa shape index (κ1) is 25.2. The highest BCUT2D eigenvalue weighted by atomic mass is 32.2. The minimum Gasteiger partial charge on any atom is -0.404 e. The molecule has 0 aliphatic carbocycles. The summed E-state index contributed by atoms with van der Waals surface area (Å²) in [5.74, 6) is 0.985. The Morgan fingerprint density at radius 2 is 1.97 bits per heavy atom. The summed E-state index contributed by atoms with van der Waals surface area (Å²) in [4.78, 5) is 15.3. The number of aliphatic imine (C=N–C) groups is 1. The number of nitriles is 1. The van der Waals surface area contributed by atoms with Crippen LogP contribution in [-0.2, 0) is 6.54 Å². The number of piperidine rings is 1. The summed E-state index contributed by atoms with van der Waals surface area (Å²) in [5.41, 5.74) is 12.0. The Kier molecular flexibility index (Phi) is 6.81. The Bertz CT molecular complexity index is 1590. The van der Waals surface area contributed by atoms with Gasteiger partial charge in [0.15, 0.2) is 0 Å². The lowest BCUT2D eigenvalue weighted by molar-refractivity contribution is -0.00869. The van der Waals surface area contributed by atoms with Gasteiger partial charge in [0.1, 0.15) is 11.9 Å². The second-order valence-electron chi connectivity index (χ2n) is 9.99. The van der Waals surface area contributed by atoms with E-state index in [1.807, 2.05) is 18.5 Å². The van der Waals surface area contributed by atoms with Crippen molar-refractivity contribution < 1.29 is 0 Å². The van der Waals surface area contributed by atoms with Crippen LogP contribution in [0.5, 0.6) is 0 Å². The lowest BCUT2D eigenvalue weighted by Gasteiger charge is -2.56. The number of nitrogens with two attached hydrogens (primary N) is 1. The molecule has 3 aliphatic heterocycles. The quantitative estimate of drug-likeness (QED) is 0.276. The molecule has 196 valence electrons. The van der Waals surface area contributed by atoms with Gasteiger partial charge < -0.3 is 10.6 Å². The van der Waals surface area contributed by atoms with E-state index in [-0.39, 0.29) is 0 Å². The molecule has 39 heavy (non-hydrogen) atoms. The zero-order chi connectivity index (χ0) is 26.9. The topological polar surface area (TPSA) is 98.8 Å². The maximum atomic E-state index is 9.70. The minimum absolute atomic E-state index is 0.516. The molecule has 0 amide bonds. The molecule has 4 aromatic rings. The SMILES string of the molecule is CN=CC(=CN)c1cc(-c2ccc(N3CC4CC(C3)N4Cc3ccc(SC)cc3)nc2)c2c(C#N)cnn2c1. The van der Waals surface area contributed by atoms with Crippen molar-refractivity contribution in [1.82, 2.24) is 19.5 Å². The van der Waals surface area contributed by atoms with E-state index in [1.165, 1.54) is 23.1 Å². The van der Waals surface area contributed by atoms with Gasteiger partial charge in [0.05, 0.1) is 17.3 Å². The summed E-state index contributed by atoms with van der Waals surface area (Å²) in [6.45, 7) is 2.96. The average Bonchev–Trinajstić information content (AvgIpc) is 3.42. The molecule has 9 heteroatoms. The zero-order valence-electron chi connectivity index (χ0n) is 22.0. The van der Waals surface area contributed by atoms with Gasteiger partial charge in [-0.1, -0.05) is 12.1 Å². The number of rotatable bonds is 7. The van der Waals surface area contributed by atoms with Crippen LogP contribution in [-0.4, -0.2) is 64.2 Å². The van der Waals surface area contributed by atoms with Crippen LogP contribution in [0.15, 0.2) is 77.1 Å². The van der Waals surface area contributed by atoms with Crippen LogP contribution in [0.4, 0.5) is 5.82 Å². The van der Waals surface area contributed by atoms with Gasteiger partial charge in [0.2, 0.25) is 0 Å². The minimum atomic E-state index is 0.516. The second kappa shape index (κ2) is 10.6. The number of benzene rings is 1. The molecular weight excluding hydrogens is 504 g/mol. The van der Waals surface area contributed by atoms with Crippen molar-refractivity contribution in [3.8, 4) is 17.2 Å². The first-order valence-electron chi connectivity index (χ1n) is 13.0. The molecule has 1 aromatic carbocycles. The Balaban J connectivity index is 1.23. The number of pyridine rings is 2. The highest BCUT2D eigenvalue weighted by Crippen LogP contribution is 2.36. The van der Waals surface area contributed by atoms with E-state index >= 15 is 0 Å². The monoisotopic (exact) mass is 534 g/mol. The molecule has 6 heterocycles. The largest absolute Gasteiger partial charge is 0.404 e. The lowest BCUT2D eigenvalue weighted by atomic mass is 9.86. The third-order valence-electron chi connectivity index (χ3n) is 7.76. The highest BCUT2D eigenvalue weighted by Gasteiger charge is 2.44. The second-order valence-corrected chi connectivity index (χ2v) is 10.9. The fourth-order valence-electron chi connectivity index (χ4n) is 5.74. The summed E-state index contributed by atoms with van der Waals surface area (Å²) < 4.78 is 1.73. The van der Waals surface area contributed by atoms with E-state index in [1.54, 1.807) is 35.7 Å². The molecule has 0 radical (unpaired) electrons. The van der Waals surface area contributed by atoms with Gasteiger partial charge in [0.25, 0.3) is 0 Å². The van der Waals surface area contributed by atoms with Crippen LogP contribution in [0.1, 0.15) is 23.1 Å². The van der Waals surface area contributed by atoms with Crippen molar-refractivity contribution in [2.45, 2.75) is 29.9 Å². The van der Waals surface area contributed by atoms with Gasteiger partial charge in [-0.2, -0.15) is 10.4 Å². The summed E-state index contributed by atoms with van der Waals surface area (Å²) >= 11 is 1.78. The number of hydrogen-bond acceptors (Lipinski definition) is 8. The Morgan fingerprint density at radius 1 is 1.18 bits per heavy atom. The molecule has 0 spiro atoms. The molecule has 2 bridgehead atoms. The fraction of sp³-hybridized carbons (Fsp3) is 0.267. The van der Waals surface area contributed by atoms with Crippen molar-refractivity contribution >= 4 is 34.9 Å². The van der Waals surface area contributed by atoms with Crippen LogP contribution in [0.2, 0.25) is 0 Å². The molecule has 3 fully saturated rings. The molecule has 3 saturated heterocycles. The van der Waals surface area contributed by atoms with Crippen LogP contribution in [0.3, 0.4) is 0 Å². The van der Waals surface area contributed by atoms with Crippen LogP contribution < -0.4 is 10.6 Å². The summed E-state index contributed by atoms with van der Waals surface area (Å²) in [7, 11) is 1.71. The zero-order valence-corrected chi connectivity index (χ0v) is 22.8. The number of aromatic nitrogens is 3. The number of nitrogens with zero attached hydrogens (tertiary/aromatic N) is 7.